The number of nitrogens with one attached hydrogen (secondary N) is 1. The first-order chi connectivity index (χ1) is 6.24. The van der Waals surface area contributed by atoms with Crippen molar-refractivity contribution in [2.45, 2.75) is 13.8 Å². The maximum Gasteiger partial charge on any atom is 0.0372 e. The smallest absolute Gasteiger partial charge is 0.0372 e. The molecule has 0 bridgehead atoms. The van der Waals surface area contributed by atoms with Crippen LogP contribution in [0, 0.1) is 13.8 Å². The number of anilines is 1. The van der Waals surface area contributed by atoms with Crippen molar-refractivity contribution in [3.05, 3.63) is 40.9 Å². The minimum atomic E-state index is 0.771. The van der Waals surface area contributed by atoms with Crippen molar-refractivity contribution in [2.75, 3.05) is 11.9 Å². The third-order valence-electron chi connectivity index (χ3n) is 1.88. The van der Waals surface area contributed by atoms with Gasteiger partial charge in [0.15, 0.2) is 0 Å². The zero-order valence-electron chi connectivity index (χ0n) is 7.97. The second-order valence-electron chi connectivity index (χ2n) is 3.06. The summed E-state index contributed by atoms with van der Waals surface area (Å²) in [7, 11) is 0. The molecule has 0 heterocycles. The topological polar surface area (TPSA) is 12.0 Å². The largest absolute Gasteiger partial charge is 0.381 e. The fourth-order valence-corrected chi connectivity index (χ4v) is 1.31. The molecule has 0 amide bonds. The van der Waals surface area contributed by atoms with Crippen LogP contribution in [-0.4, -0.2) is 6.54 Å². The maximum atomic E-state index is 5.41. The van der Waals surface area contributed by atoms with E-state index in [1.165, 1.54) is 22.3 Å². The van der Waals surface area contributed by atoms with Gasteiger partial charge in [0, 0.05) is 17.8 Å². The van der Waals surface area contributed by atoms with E-state index in [0.29, 0.717) is 0 Å². The highest BCUT2D eigenvalue weighted by Gasteiger charge is 1.95. The first kappa shape index (κ1) is 10.1. The molecule has 0 aliphatic heterocycles. The van der Waals surface area contributed by atoms with Gasteiger partial charge in [-0.3, -0.25) is 0 Å². The van der Waals surface area contributed by atoms with Crippen LogP contribution in [0.2, 0.25) is 0 Å². The molecule has 1 aromatic rings. The molecule has 1 nitrogen and oxygen atoms in total. The van der Waals surface area contributed by atoms with Crippen molar-refractivity contribution >= 4 is 17.3 Å². The molecule has 0 aliphatic carbocycles. The monoisotopic (exact) mass is 195 g/mol. The summed E-state index contributed by atoms with van der Waals surface area (Å²) in [5.74, 6) is 0. The number of halogens is 1. The quantitative estimate of drug-likeness (QED) is 0.779. The summed E-state index contributed by atoms with van der Waals surface area (Å²) in [6.45, 7) is 4.96. The summed E-state index contributed by atoms with van der Waals surface area (Å²) in [6, 6.07) is 6.35. The summed E-state index contributed by atoms with van der Waals surface area (Å²) in [4.78, 5) is 0. The van der Waals surface area contributed by atoms with Gasteiger partial charge in [0.1, 0.15) is 0 Å². The Morgan fingerprint density at radius 3 is 2.77 bits per heavy atom. The number of benzene rings is 1. The van der Waals surface area contributed by atoms with Gasteiger partial charge in [-0.05, 0) is 25.5 Å². The van der Waals surface area contributed by atoms with Crippen LogP contribution in [0.1, 0.15) is 11.1 Å². The van der Waals surface area contributed by atoms with Gasteiger partial charge in [0.2, 0.25) is 0 Å². The van der Waals surface area contributed by atoms with E-state index >= 15 is 0 Å². The molecule has 0 aliphatic rings. The molecule has 1 rings (SSSR count). The first-order valence-electron chi connectivity index (χ1n) is 4.30. The van der Waals surface area contributed by atoms with Gasteiger partial charge in [-0.1, -0.05) is 35.4 Å². The zero-order chi connectivity index (χ0) is 9.68. The third kappa shape index (κ3) is 3.11. The summed E-state index contributed by atoms with van der Waals surface area (Å²) >= 11 is 5.41. The molecule has 0 radical (unpaired) electrons. The van der Waals surface area contributed by atoms with E-state index in [2.05, 4.69) is 37.4 Å². The number of hydrogen-bond donors (Lipinski definition) is 1. The molecule has 2 heteroatoms. The molecule has 0 saturated heterocycles. The molecule has 1 aromatic carbocycles. The Kier molecular flexibility index (Phi) is 3.84. The van der Waals surface area contributed by atoms with E-state index in [9.17, 15) is 0 Å². The lowest BCUT2D eigenvalue weighted by Crippen LogP contribution is -1.99. The van der Waals surface area contributed by atoms with Gasteiger partial charge in [-0.2, -0.15) is 0 Å². The second-order valence-corrected chi connectivity index (χ2v) is 3.31. The summed E-state index contributed by atoms with van der Waals surface area (Å²) in [5.41, 5.74) is 5.25. The van der Waals surface area contributed by atoms with Crippen LogP contribution in [-0.2, 0) is 0 Å². The van der Waals surface area contributed by atoms with Gasteiger partial charge < -0.3 is 5.32 Å². The van der Waals surface area contributed by atoms with E-state index < -0.39 is 0 Å². The number of hydrogen-bond acceptors (Lipinski definition) is 1. The highest BCUT2D eigenvalue weighted by atomic mass is 35.5. The Bertz CT molecular complexity index is 305. The molecule has 1 N–H and O–H groups in total. The molecule has 0 atom stereocenters. The lowest BCUT2D eigenvalue weighted by molar-refractivity contribution is 1.29. The van der Waals surface area contributed by atoms with Gasteiger partial charge >= 0.3 is 0 Å². The highest BCUT2D eigenvalue weighted by Crippen LogP contribution is 2.15. The van der Waals surface area contributed by atoms with Crippen LogP contribution < -0.4 is 5.32 Å². The number of aryl methyl sites for hydroxylation is 2. The van der Waals surface area contributed by atoms with Crippen LogP contribution >= 0.6 is 11.6 Å². The molecule has 70 valence electrons. The minimum Gasteiger partial charge on any atom is -0.381 e. The van der Waals surface area contributed by atoms with Crippen molar-refractivity contribution in [1.82, 2.24) is 0 Å². The number of rotatable bonds is 3. The Balaban J connectivity index is 2.66. The Labute approximate surface area is 84.4 Å². The van der Waals surface area contributed by atoms with Gasteiger partial charge in [0.25, 0.3) is 0 Å². The lowest BCUT2D eigenvalue weighted by atomic mass is 10.1. The summed E-state index contributed by atoms with van der Waals surface area (Å²) in [6.07, 6.45) is 1.88. The van der Waals surface area contributed by atoms with Crippen LogP contribution in [0.15, 0.2) is 29.8 Å². The average Bonchev–Trinajstić information content (AvgIpc) is 2.09. The van der Waals surface area contributed by atoms with E-state index in [4.69, 9.17) is 11.6 Å². The van der Waals surface area contributed by atoms with E-state index in [1.54, 1.807) is 0 Å². The van der Waals surface area contributed by atoms with E-state index in [1.807, 2.05) is 6.08 Å². The van der Waals surface area contributed by atoms with E-state index in [0.717, 1.165) is 6.54 Å². The van der Waals surface area contributed by atoms with Crippen molar-refractivity contribution in [1.29, 1.82) is 0 Å². The van der Waals surface area contributed by atoms with Crippen LogP contribution in [0.4, 0.5) is 5.69 Å². The van der Waals surface area contributed by atoms with Gasteiger partial charge in [-0.25, -0.2) is 0 Å². The fraction of sp³-hybridized carbons (Fsp3) is 0.273. The van der Waals surface area contributed by atoms with Crippen molar-refractivity contribution in [3.63, 3.8) is 0 Å². The SMILES string of the molecule is Cc1ccc(NC/C=C/Cl)c(C)c1. The molecule has 0 spiro atoms. The summed E-state index contributed by atoms with van der Waals surface area (Å²) < 4.78 is 0. The van der Waals surface area contributed by atoms with Crippen molar-refractivity contribution in [2.24, 2.45) is 0 Å². The Hall–Kier alpha value is -0.950. The fourth-order valence-electron chi connectivity index (χ4n) is 1.23. The van der Waals surface area contributed by atoms with Crippen molar-refractivity contribution < 1.29 is 0 Å². The predicted octanol–water partition coefficient (Wildman–Crippen LogP) is 3.47. The second kappa shape index (κ2) is 4.93. The van der Waals surface area contributed by atoms with E-state index in [-0.39, 0.29) is 0 Å². The normalized spacial score (nSPS) is 10.7. The van der Waals surface area contributed by atoms with Crippen LogP contribution in [0.25, 0.3) is 0 Å². The zero-order valence-corrected chi connectivity index (χ0v) is 8.73. The molecule has 0 fully saturated rings. The van der Waals surface area contributed by atoms with Gasteiger partial charge in [-0.15, -0.1) is 0 Å². The van der Waals surface area contributed by atoms with Crippen molar-refractivity contribution in [3.8, 4) is 0 Å². The predicted molar refractivity (Wildman–Crippen MR) is 59.4 cm³/mol. The maximum absolute atomic E-state index is 5.41. The summed E-state index contributed by atoms with van der Waals surface area (Å²) in [5, 5.41) is 3.27. The molecule has 0 aromatic heterocycles. The Morgan fingerprint density at radius 1 is 1.38 bits per heavy atom. The molecule has 0 unspecified atom stereocenters. The lowest BCUT2D eigenvalue weighted by Gasteiger charge is -2.07. The molecule has 0 saturated carbocycles. The molecular formula is C11H14ClN. The van der Waals surface area contributed by atoms with Gasteiger partial charge in [0.05, 0.1) is 0 Å². The third-order valence-corrected chi connectivity index (χ3v) is 2.06. The Morgan fingerprint density at radius 2 is 2.15 bits per heavy atom. The molecule has 13 heavy (non-hydrogen) atoms. The van der Waals surface area contributed by atoms with Crippen LogP contribution in [0.3, 0.4) is 0 Å². The average molecular weight is 196 g/mol. The highest BCUT2D eigenvalue weighted by molar-refractivity contribution is 6.25. The van der Waals surface area contributed by atoms with Crippen LogP contribution in [0.5, 0.6) is 0 Å². The first-order valence-corrected chi connectivity index (χ1v) is 4.74. The molecular weight excluding hydrogens is 182 g/mol. The standard InChI is InChI=1S/C11H14ClN/c1-9-4-5-11(10(2)8-9)13-7-3-6-12/h3-6,8,13H,7H2,1-2H3/b6-3+. The minimum absolute atomic E-state index is 0.771.